The summed E-state index contributed by atoms with van der Waals surface area (Å²) in [6, 6.07) is 28.8. The molecule has 4 aromatic rings. The summed E-state index contributed by atoms with van der Waals surface area (Å²) in [5.41, 5.74) is 1.93. The van der Waals surface area contributed by atoms with Crippen LogP contribution in [0.3, 0.4) is 0 Å². The second kappa shape index (κ2) is 15.6. The third kappa shape index (κ3) is 7.68. The highest BCUT2D eigenvalue weighted by atomic mass is 32.2. The SMILES string of the molecule is COC(C)(C)ON=C(C(=O)NC1C(=O)N2C(C(=O)O)=C(COC(C)=O)CS[C@H]12)c1csc(NC(c2ccccc2)(c2ccccc2)c2ccccc2)n1. The maximum Gasteiger partial charge on any atom is 0.352 e. The quantitative estimate of drug-likeness (QED) is 0.0398. The molecule has 6 rings (SSSR count). The lowest BCUT2D eigenvalue weighted by Crippen LogP contribution is -2.71. The first-order chi connectivity index (χ1) is 25.4. The molecule has 13 nitrogen and oxygen atoms in total. The summed E-state index contributed by atoms with van der Waals surface area (Å²) in [4.78, 5) is 62.5. The fourth-order valence-corrected chi connectivity index (χ4v) is 8.05. The normalized spacial score (nSPS) is 17.4. The highest BCUT2D eigenvalue weighted by Crippen LogP contribution is 2.42. The molecular formula is C38H37N5O8S2. The molecule has 274 valence electrons. The van der Waals surface area contributed by atoms with Gasteiger partial charge < -0.3 is 30.1 Å². The van der Waals surface area contributed by atoms with E-state index in [4.69, 9.17) is 19.3 Å². The number of amides is 2. The number of thiazole rings is 1. The molecule has 3 heterocycles. The number of nitrogens with one attached hydrogen (secondary N) is 2. The molecule has 2 amide bonds. The summed E-state index contributed by atoms with van der Waals surface area (Å²) >= 11 is 2.50. The number of rotatable bonds is 14. The van der Waals surface area contributed by atoms with Gasteiger partial charge in [0.1, 0.15) is 35.0 Å². The first-order valence-corrected chi connectivity index (χ1v) is 18.4. The van der Waals surface area contributed by atoms with Crippen LogP contribution in [0.2, 0.25) is 0 Å². The van der Waals surface area contributed by atoms with Crippen LogP contribution in [0.4, 0.5) is 5.13 Å². The number of fused-ring (bicyclic) bond motifs is 1. The molecular weight excluding hydrogens is 719 g/mol. The van der Waals surface area contributed by atoms with Gasteiger partial charge in [0.15, 0.2) is 10.8 Å². The molecule has 1 fully saturated rings. The minimum atomic E-state index is -1.34. The van der Waals surface area contributed by atoms with Crippen molar-refractivity contribution in [2.75, 3.05) is 24.8 Å². The zero-order valence-electron chi connectivity index (χ0n) is 29.3. The molecule has 1 aromatic heterocycles. The summed E-state index contributed by atoms with van der Waals surface area (Å²) < 4.78 is 10.4. The van der Waals surface area contributed by atoms with E-state index in [9.17, 15) is 24.3 Å². The molecule has 0 radical (unpaired) electrons. The number of benzene rings is 3. The number of methoxy groups -OCH3 is 1. The van der Waals surface area contributed by atoms with Crippen LogP contribution < -0.4 is 10.6 Å². The maximum absolute atomic E-state index is 14.0. The van der Waals surface area contributed by atoms with Gasteiger partial charge in [0, 0.05) is 44.6 Å². The van der Waals surface area contributed by atoms with Gasteiger partial charge in [0.05, 0.1) is 0 Å². The van der Waals surface area contributed by atoms with Crippen LogP contribution in [-0.4, -0.2) is 81.1 Å². The molecule has 1 saturated heterocycles. The lowest BCUT2D eigenvalue weighted by atomic mass is 9.77. The molecule has 1 unspecified atom stereocenters. The van der Waals surface area contributed by atoms with Crippen molar-refractivity contribution in [2.45, 2.75) is 43.5 Å². The molecule has 2 atom stereocenters. The molecule has 3 aromatic carbocycles. The Morgan fingerprint density at radius 3 is 2.04 bits per heavy atom. The van der Waals surface area contributed by atoms with Gasteiger partial charge in [0.25, 0.3) is 11.8 Å². The molecule has 2 aliphatic heterocycles. The van der Waals surface area contributed by atoms with Crippen LogP contribution in [0.15, 0.2) is 113 Å². The fourth-order valence-electron chi connectivity index (χ4n) is 5.97. The molecule has 0 spiro atoms. The number of hydrogen-bond acceptors (Lipinski definition) is 12. The molecule has 0 aliphatic carbocycles. The van der Waals surface area contributed by atoms with E-state index in [1.807, 2.05) is 91.0 Å². The van der Waals surface area contributed by atoms with Gasteiger partial charge in [-0.25, -0.2) is 9.78 Å². The van der Waals surface area contributed by atoms with E-state index in [1.165, 1.54) is 37.1 Å². The average molecular weight is 756 g/mol. The van der Waals surface area contributed by atoms with Crippen molar-refractivity contribution in [3.05, 3.63) is 130 Å². The van der Waals surface area contributed by atoms with E-state index < -0.39 is 46.5 Å². The third-order valence-corrected chi connectivity index (χ3v) is 10.8. The van der Waals surface area contributed by atoms with Crippen molar-refractivity contribution in [1.82, 2.24) is 15.2 Å². The van der Waals surface area contributed by atoms with Crippen molar-refractivity contribution in [3.8, 4) is 0 Å². The summed E-state index contributed by atoms with van der Waals surface area (Å²) in [5, 5.41) is 21.9. The largest absolute Gasteiger partial charge is 0.477 e. The highest BCUT2D eigenvalue weighted by molar-refractivity contribution is 8.00. The summed E-state index contributed by atoms with van der Waals surface area (Å²) in [6.07, 6.45) is 0. The zero-order chi connectivity index (χ0) is 37.8. The number of β-lactam (4-membered cyclic amide) rings is 1. The molecule has 0 saturated carbocycles. The first kappa shape index (κ1) is 37.3. The number of anilines is 1. The second-order valence-electron chi connectivity index (χ2n) is 12.5. The zero-order valence-corrected chi connectivity index (χ0v) is 30.9. The molecule has 0 bridgehead atoms. The Morgan fingerprint density at radius 2 is 1.53 bits per heavy atom. The minimum absolute atomic E-state index is 0.166. The Bertz CT molecular complexity index is 1960. The van der Waals surface area contributed by atoms with Gasteiger partial charge in [0.2, 0.25) is 5.79 Å². The van der Waals surface area contributed by atoms with Gasteiger partial charge >= 0.3 is 11.9 Å². The number of carboxylic acids is 1. The monoisotopic (exact) mass is 755 g/mol. The van der Waals surface area contributed by atoms with Crippen LogP contribution in [0.1, 0.15) is 43.2 Å². The molecule has 2 aliphatic rings. The Morgan fingerprint density at radius 1 is 0.962 bits per heavy atom. The van der Waals surface area contributed by atoms with Crippen LogP contribution in [0.25, 0.3) is 0 Å². The number of carbonyl (C=O) groups is 4. The summed E-state index contributed by atoms with van der Waals surface area (Å²) in [6.45, 7) is 4.19. The smallest absolute Gasteiger partial charge is 0.352 e. The number of oxime groups is 1. The van der Waals surface area contributed by atoms with Crippen molar-refractivity contribution in [1.29, 1.82) is 0 Å². The van der Waals surface area contributed by atoms with Crippen molar-refractivity contribution in [3.63, 3.8) is 0 Å². The van der Waals surface area contributed by atoms with E-state index in [0.29, 0.717) is 5.13 Å². The van der Waals surface area contributed by atoms with Crippen molar-refractivity contribution >= 4 is 57.7 Å². The standard InChI is InChI=1S/C38H37N5O8S2/c1-23(44)50-20-24-21-52-34-30(33(46)43(34)31(24)35(47)48)40-32(45)29(42-51-37(2,3)49-4)28-22-53-36(39-28)41-38(25-14-8-5-9-15-25,26-16-10-6-11-17-26)27-18-12-7-13-19-27/h5-19,22,30,34H,20-21H2,1-4H3,(H,39,41)(H,40,45)(H,47,48)/t30?,34-/m1/s1. The van der Waals surface area contributed by atoms with Gasteiger partial charge in [-0.3, -0.25) is 19.3 Å². The van der Waals surface area contributed by atoms with Gasteiger partial charge in [-0.2, -0.15) is 0 Å². The predicted octanol–water partition coefficient (Wildman–Crippen LogP) is 4.95. The Balaban J connectivity index is 1.33. The lowest BCUT2D eigenvalue weighted by molar-refractivity contribution is -0.197. The van der Waals surface area contributed by atoms with Crippen molar-refractivity contribution in [2.24, 2.45) is 5.16 Å². The van der Waals surface area contributed by atoms with Gasteiger partial charge in [-0.15, -0.1) is 23.1 Å². The number of carboxylic acid groups (broad SMARTS) is 1. The number of aromatic nitrogens is 1. The molecule has 53 heavy (non-hydrogen) atoms. The summed E-state index contributed by atoms with van der Waals surface area (Å²) in [5.74, 6) is -4.36. The number of carbonyl (C=O) groups excluding carboxylic acids is 3. The van der Waals surface area contributed by atoms with Crippen LogP contribution in [-0.2, 0) is 39.0 Å². The first-order valence-electron chi connectivity index (χ1n) is 16.5. The topological polar surface area (TPSA) is 169 Å². The van der Waals surface area contributed by atoms with Gasteiger partial charge in [-0.05, 0) is 16.7 Å². The minimum Gasteiger partial charge on any atom is -0.477 e. The van der Waals surface area contributed by atoms with E-state index in [2.05, 4.69) is 15.8 Å². The van der Waals surface area contributed by atoms with E-state index in [0.717, 1.165) is 21.6 Å². The maximum atomic E-state index is 14.0. The number of hydrogen-bond donors (Lipinski definition) is 3. The number of aliphatic carboxylic acids is 1. The number of nitrogens with zero attached hydrogens (tertiary/aromatic N) is 3. The molecule has 3 N–H and O–H groups in total. The summed E-state index contributed by atoms with van der Waals surface area (Å²) in [7, 11) is 1.43. The molecule has 15 heteroatoms. The number of ether oxygens (including phenoxy) is 2. The Kier molecular flexibility index (Phi) is 11.0. The fraction of sp³-hybridized carbons (Fsp3) is 0.263. The Labute approximate surface area is 314 Å². The van der Waals surface area contributed by atoms with E-state index in [1.54, 1.807) is 19.2 Å². The van der Waals surface area contributed by atoms with Crippen LogP contribution >= 0.6 is 23.1 Å². The lowest BCUT2D eigenvalue weighted by Gasteiger charge is -2.49. The number of esters is 1. The van der Waals surface area contributed by atoms with Crippen molar-refractivity contribution < 1.29 is 38.6 Å². The third-order valence-electron chi connectivity index (χ3n) is 8.71. The number of thioether (sulfide) groups is 1. The van der Waals surface area contributed by atoms with Gasteiger partial charge in [-0.1, -0.05) is 96.2 Å². The van der Waals surface area contributed by atoms with Crippen LogP contribution in [0, 0.1) is 0 Å². The van der Waals surface area contributed by atoms with E-state index >= 15 is 0 Å². The Hall–Kier alpha value is -5.51. The van der Waals surface area contributed by atoms with Crippen LogP contribution in [0.5, 0.6) is 0 Å². The second-order valence-corrected chi connectivity index (χ2v) is 14.5. The van der Waals surface area contributed by atoms with E-state index in [-0.39, 0.29) is 35.0 Å². The average Bonchev–Trinajstić information content (AvgIpc) is 3.63. The highest BCUT2D eigenvalue weighted by Gasteiger charge is 2.54. The predicted molar refractivity (Wildman–Crippen MR) is 200 cm³/mol.